The van der Waals surface area contributed by atoms with Crippen molar-refractivity contribution in [2.75, 3.05) is 4.72 Å². The Bertz CT molecular complexity index is 470. The van der Waals surface area contributed by atoms with E-state index in [4.69, 9.17) is 5.73 Å². The van der Waals surface area contributed by atoms with Gasteiger partial charge >= 0.3 is 0 Å². The molecule has 0 bridgehead atoms. The van der Waals surface area contributed by atoms with E-state index in [1.54, 1.807) is 34.0 Å². The van der Waals surface area contributed by atoms with Crippen molar-refractivity contribution < 1.29 is 8.42 Å². The summed E-state index contributed by atoms with van der Waals surface area (Å²) >= 11 is 0. The maximum Gasteiger partial charge on any atom is 0.238 e. The van der Waals surface area contributed by atoms with Gasteiger partial charge in [0.1, 0.15) is 0 Å². The van der Waals surface area contributed by atoms with Gasteiger partial charge in [-0.1, -0.05) is 0 Å². The molecule has 3 N–H and O–H groups in total. The third-order valence-corrected chi connectivity index (χ3v) is 4.24. The van der Waals surface area contributed by atoms with E-state index in [2.05, 4.69) is 9.82 Å². The van der Waals surface area contributed by atoms with Crippen molar-refractivity contribution in [2.24, 2.45) is 12.8 Å². The van der Waals surface area contributed by atoms with Crippen molar-refractivity contribution in [1.29, 1.82) is 0 Å². The number of anilines is 1. The molecule has 0 saturated carbocycles. The number of sulfonamides is 1. The van der Waals surface area contributed by atoms with Gasteiger partial charge < -0.3 is 5.73 Å². The molecule has 16 heavy (non-hydrogen) atoms. The summed E-state index contributed by atoms with van der Waals surface area (Å²) in [4.78, 5) is 0. The molecule has 1 aromatic rings. The number of nitrogens with one attached hydrogen (secondary N) is 1. The van der Waals surface area contributed by atoms with Crippen molar-refractivity contribution in [3.8, 4) is 0 Å². The van der Waals surface area contributed by atoms with E-state index in [1.165, 1.54) is 4.68 Å². The van der Waals surface area contributed by atoms with Gasteiger partial charge in [0.05, 0.1) is 4.75 Å². The van der Waals surface area contributed by atoms with Crippen LogP contribution in [0.4, 0.5) is 5.82 Å². The fourth-order valence-corrected chi connectivity index (χ4v) is 1.79. The fourth-order valence-electron chi connectivity index (χ4n) is 1.05. The zero-order valence-corrected chi connectivity index (χ0v) is 10.8. The van der Waals surface area contributed by atoms with Crippen LogP contribution < -0.4 is 10.5 Å². The number of nitrogens with zero attached hydrogens (tertiary/aromatic N) is 2. The lowest BCUT2D eigenvalue weighted by Crippen LogP contribution is -2.34. The zero-order valence-electron chi connectivity index (χ0n) is 9.98. The minimum absolute atomic E-state index is 0.246. The van der Waals surface area contributed by atoms with Crippen LogP contribution in [0, 0.1) is 0 Å². The Morgan fingerprint density at radius 2 is 2.06 bits per heavy atom. The summed E-state index contributed by atoms with van der Waals surface area (Å²) in [5.41, 5.74) is 6.18. The summed E-state index contributed by atoms with van der Waals surface area (Å²) in [5.74, 6) is 0.305. The first-order valence-corrected chi connectivity index (χ1v) is 6.40. The van der Waals surface area contributed by atoms with Gasteiger partial charge in [-0.2, -0.15) is 5.10 Å². The van der Waals surface area contributed by atoms with Crippen molar-refractivity contribution in [2.45, 2.75) is 32.1 Å². The summed E-state index contributed by atoms with van der Waals surface area (Å²) in [6.07, 6.45) is 1.69. The molecule has 0 amide bonds. The Morgan fingerprint density at radius 1 is 1.50 bits per heavy atom. The predicted molar refractivity (Wildman–Crippen MR) is 63.4 cm³/mol. The standard InChI is InChI=1S/C9H18N4O2S/c1-9(2,3)16(14,15)12-8-7(5-10)6-13(4)11-8/h6H,5,10H2,1-4H3,(H,11,12). The summed E-state index contributed by atoms with van der Waals surface area (Å²) < 4.78 is 26.9. The van der Waals surface area contributed by atoms with E-state index < -0.39 is 14.8 Å². The molecular weight excluding hydrogens is 228 g/mol. The van der Waals surface area contributed by atoms with Crippen molar-refractivity contribution in [3.05, 3.63) is 11.8 Å². The first-order chi connectivity index (χ1) is 7.17. The van der Waals surface area contributed by atoms with Crippen molar-refractivity contribution >= 4 is 15.8 Å². The van der Waals surface area contributed by atoms with Gasteiger partial charge in [-0.3, -0.25) is 9.40 Å². The Morgan fingerprint density at radius 3 is 2.50 bits per heavy atom. The van der Waals surface area contributed by atoms with Gasteiger partial charge in [0.2, 0.25) is 10.0 Å². The highest BCUT2D eigenvalue weighted by Crippen LogP contribution is 2.20. The maximum atomic E-state index is 11.9. The molecule has 92 valence electrons. The van der Waals surface area contributed by atoms with Gasteiger partial charge in [-0.05, 0) is 20.8 Å². The lowest BCUT2D eigenvalue weighted by atomic mass is 10.3. The van der Waals surface area contributed by atoms with Gasteiger partial charge in [-0.25, -0.2) is 8.42 Å². The lowest BCUT2D eigenvalue weighted by Gasteiger charge is -2.19. The Labute approximate surface area is 95.9 Å². The average molecular weight is 246 g/mol. The van der Waals surface area contributed by atoms with Gasteiger partial charge in [0, 0.05) is 25.4 Å². The third-order valence-electron chi connectivity index (χ3n) is 2.16. The molecule has 0 saturated heterocycles. The van der Waals surface area contributed by atoms with Crippen LogP contribution in [0.3, 0.4) is 0 Å². The van der Waals surface area contributed by atoms with E-state index in [0.717, 1.165) is 0 Å². The second-order valence-electron chi connectivity index (χ2n) is 4.60. The van der Waals surface area contributed by atoms with Gasteiger partial charge in [0.25, 0.3) is 0 Å². The summed E-state index contributed by atoms with van der Waals surface area (Å²) in [7, 11) is -1.74. The third kappa shape index (κ3) is 2.53. The van der Waals surface area contributed by atoms with E-state index in [-0.39, 0.29) is 6.54 Å². The monoisotopic (exact) mass is 246 g/mol. The van der Waals surface area contributed by atoms with Crippen LogP contribution in [0.15, 0.2) is 6.20 Å². The number of hydrogen-bond donors (Lipinski definition) is 2. The molecule has 7 heteroatoms. The molecule has 1 rings (SSSR count). The molecule has 6 nitrogen and oxygen atoms in total. The van der Waals surface area contributed by atoms with Crippen LogP contribution in [0.25, 0.3) is 0 Å². The Hall–Kier alpha value is -1.08. The molecule has 0 aliphatic rings. The largest absolute Gasteiger partial charge is 0.326 e. The molecule has 0 spiro atoms. The van der Waals surface area contributed by atoms with E-state index in [9.17, 15) is 8.42 Å². The fraction of sp³-hybridized carbons (Fsp3) is 0.667. The first kappa shape index (κ1) is 13.0. The van der Waals surface area contributed by atoms with Crippen molar-refractivity contribution in [3.63, 3.8) is 0 Å². The molecule has 0 aromatic carbocycles. The number of nitrogens with two attached hydrogens (primary N) is 1. The molecular formula is C9H18N4O2S. The SMILES string of the molecule is Cn1cc(CN)c(NS(=O)(=O)C(C)(C)C)n1. The average Bonchev–Trinajstić information content (AvgIpc) is 2.43. The van der Waals surface area contributed by atoms with E-state index >= 15 is 0 Å². The number of hydrogen-bond acceptors (Lipinski definition) is 4. The normalized spacial score (nSPS) is 12.8. The second kappa shape index (κ2) is 4.06. The van der Waals surface area contributed by atoms with Crippen LogP contribution in [-0.4, -0.2) is 22.9 Å². The molecule has 0 atom stereocenters. The van der Waals surface area contributed by atoms with Crippen LogP contribution >= 0.6 is 0 Å². The highest BCUT2D eigenvalue weighted by atomic mass is 32.2. The van der Waals surface area contributed by atoms with E-state index in [0.29, 0.717) is 11.4 Å². The summed E-state index contributed by atoms with van der Waals surface area (Å²) in [6, 6.07) is 0. The molecule has 0 aliphatic carbocycles. The lowest BCUT2D eigenvalue weighted by molar-refractivity contribution is 0.565. The number of aromatic nitrogens is 2. The van der Waals surface area contributed by atoms with Crippen LogP contribution in [-0.2, 0) is 23.6 Å². The molecule has 0 unspecified atom stereocenters. The zero-order chi connectivity index (χ0) is 12.6. The van der Waals surface area contributed by atoms with Gasteiger partial charge in [-0.15, -0.1) is 0 Å². The van der Waals surface area contributed by atoms with Crippen LogP contribution in [0.5, 0.6) is 0 Å². The van der Waals surface area contributed by atoms with Gasteiger partial charge in [0.15, 0.2) is 5.82 Å². The molecule has 0 fully saturated rings. The topological polar surface area (TPSA) is 90.0 Å². The molecule has 1 heterocycles. The smallest absolute Gasteiger partial charge is 0.238 e. The second-order valence-corrected chi connectivity index (χ2v) is 7.03. The summed E-state index contributed by atoms with van der Waals surface area (Å²) in [5, 5.41) is 4.03. The Balaban J connectivity index is 3.06. The Kier molecular flexibility index (Phi) is 3.30. The minimum atomic E-state index is -3.45. The van der Waals surface area contributed by atoms with E-state index in [1.807, 2.05) is 0 Å². The number of aryl methyl sites for hydroxylation is 1. The molecule has 0 aliphatic heterocycles. The first-order valence-electron chi connectivity index (χ1n) is 4.92. The van der Waals surface area contributed by atoms with Crippen molar-refractivity contribution in [1.82, 2.24) is 9.78 Å². The highest BCUT2D eigenvalue weighted by molar-refractivity contribution is 7.94. The quantitative estimate of drug-likeness (QED) is 0.808. The maximum absolute atomic E-state index is 11.9. The minimum Gasteiger partial charge on any atom is -0.326 e. The predicted octanol–water partition coefficient (Wildman–Crippen LogP) is 0.419. The van der Waals surface area contributed by atoms with Crippen LogP contribution in [0.1, 0.15) is 26.3 Å². The highest BCUT2D eigenvalue weighted by Gasteiger charge is 2.30. The number of rotatable bonds is 3. The molecule has 1 aromatic heterocycles. The summed E-state index contributed by atoms with van der Waals surface area (Å²) in [6.45, 7) is 5.12. The van der Waals surface area contributed by atoms with Crippen LogP contribution in [0.2, 0.25) is 0 Å². The molecule has 0 radical (unpaired) electrons.